The minimum atomic E-state index is -4.02. The Morgan fingerprint density at radius 2 is 1.79 bits per heavy atom. The van der Waals surface area contributed by atoms with Crippen molar-refractivity contribution in [3.63, 3.8) is 0 Å². The van der Waals surface area contributed by atoms with E-state index in [9.17, 15) is 13.2 Å². The summed E-state index contributed by atoms with van der Waals surface area (Å²) in [4.78, 5) is 0. The molecular formula is C15H28F3N. The Bertz CT molecular complexity index is 240. The standard InChI is InChI=1S/C15H28F3N/c1-3-5-6-11-14(19-4-2)12-9-7-8-10-13(12)15(16,17)18/h12-14,19H,3-11H2,1-2H3. The third kappa shape index (κ3) is 5.33. The molecule has 0 aromatic heterocycles. The largest absolute Gasteiger partial charge is 0.392 e. The van der Waals surface area contributed by atoms with E-state index in [0.29, 0.717) is 6.42 Å². The van der Waals surface area contributed by atoms with E-state index in [1.165, 1.54) is 0 Å². The van der Waals surface area contributed by atoms with Gasteiger partial charge in [-0.15, -0.1) is 0 Å². The van der Waals surface area contributed by atoms with Gasteiger partial charge in [-0.3, -0.25) is 0 Å². The molecule has 0 bridgehead atoms. The fourth-order valence-electron chi connectivity index (χ4n) is 3.39. The Kier molecular flexibility index (Phi) is 7.19. The zero-order chi connectivity index (χ0) is 14.3. The van der Waals surface area contributed by atoms with Gasteiger partial charge >= 0.3 is 6.18 Å². The zero-order valence-corrected chi connectivity index (χ0v) is 12.2. The van der Waals surface area contributed by atoms with Gasteiger partial charge in [0.2, 0.25) is 0 Å². The van der Waals surface area contributed by atoms with E-state index < -0.39 is 12.1 Å². The van der Waals surface area contributed by atoms with E-state index in [-0.39, 0.29) is 12.0 Å². The van der Waals surface area contributed by atoms with Gasteiger partial charge in [0, 0.05) is 6.04 Å². The molecule has 1 aliphatic rings. The van der Waals surface area contributed by atoms with Gasteiger partial charge in [0.1, 0.15) is 0 Å². The van der Waals surface area contributed by atoms with Crippen molar-refractivity contribution in [3.05, 3.63) is 0 Å². The van der Waals surface area contributed by atoms with E-state index >= 15 is 0 Å². The van der Waals surface area contributed by atoms with E-state index in [2.05, 4.69) is 12.2 Å². The molecule has 0 saturated heterocycles. The lowest BCUT2D eigenvalue weighted by Crippen LogP contribution is -2.45. The van der Waals surface area contributed by atoms with Crippen molar-refractivity contribution in [2.75, 3.05) is 6.54 Å². The van der Waals surface area contributed by atoms with Crippen molar-refractivity contribution in [1.29, 1.82) is 0 Å². The number of alkyl halides is 3. The first-order chi connectivity index (χ1) is 9.00. The van der Waals surface area contributed by atoms with Crippen LogP contribution in [0, 0.1) is 11.8 Å². The number of unbranched alkanes of at least 4 members (excludes halogenated alkanes) is 2. The van der Waals surface area contributed by atoms with Crippen molar-refractivity contribution in [2.24, 2.45) is 11.8 Å². The van der Waals surface area contributed by atoms with Crippen LogP contribution in [0.5, 0.6) is 0 Å². The van der Waals surface area contributed by atoms with Crippen LogP contribution in [0.25, 0.3) is 0 Å². The van der Waals surface area contributed by atoms with Gasteiger partial charge < -0.3 is 5.32 Å². The van der Waals surface area contributed by atoms with E-state index in [0.717, 1.165) is 51.5 Å². The maximum absolute atomic E-state index is 13.2. The van der Waals surface area contributed by atoms with Crippen LogP contribution in [0.1, 0.15) is 65.2 Å². The smallest absolute Gasteiger partial charge is 0.314 e. The van der Waals surface area contributed by atoms with Crippen molar-refractivity contribution in [1.82, 2.24) is 5.32 Å². The number of rotatable bonds is 7. The summed E-state index contributed by atoms with van der Waals surface area (Å²) in [5.41, 5.74) is 0. The average Bonchev–Trinajstić information content (AvgIpc) is 2.37. The Labute approximate surface area is 115 Å². The molecule has 3 unspecified atom stereocenters. The summed E-state index contributed by atoms with van der Waals surface area (Å²) in [7, 11) is 0. The average molecular weight is 279 g/mol. The number of hydrogen-bond acceptors (Lipinski definition) is 1. The molecule has 1 N–H and O–H groups in total. The summed E-state index contributed by atoms with van der Waals surface area (Å²) in [5.74, 6) is -1.31. The SMILES string of the molecule is CCCCCC(NCC)C1CCCCC1C(F)(F)F. The highest BCUT2D eigenvalue weighted by Gasteiger charge is 2.47. The van der Waals surface area contributed by atoms with Gasteiger partial charge in [0.05, 0.1) is 5.92 Å². The van der Waals surface area contributed by atoms with Crippen LogP contribution in [0.4, 0.5) is 13.2 Å². The monoisotopic (exact) mass is 279 g/mol. The molecule has 0 aliphatic heterocycles. The third-order valence-electron chi connectivity index (χ3n) is 4.34. The first-order valence-electron chi connectivity index (χ1n) is 7.80. The molecule has 1 nitrogen and oxygen atoms in total. The van der Waals surface area contributed by atoms with E-state index in [4.69, 9.17) is 0 Å². The minimum absolute atomic E-state index is 0.0449. The van der Waals surface area contributed by atoms with Gasteiger partial charge in [-0.25, -0.2) is 0 Å². The zero-order valence-electron chi connectivity index (χ0n) is 12.2. The van der Waals surface area contributed by atoms with Crippen molar-refractivity contribution in [2.45, 2.75) is 77.4 Å². The molecule has 4 heteroatoms. The molecule has 0 radical (unpaired) electrons. The topological polar surface area (TPSA) is 12.0 Å². The second kappa shape index (κ2) is 8.13. The highest BCUT2D eigenvalue weighted by Crippen LogP contribution is 2.43. The molecule has 1 saturated carbocycles. The van der Waals surface area contributed by atoms with Crippen LogP contribution < -0.4 is 5.32 Å². The van der Waals surface area contributed by atoms with Gasteiger partial charge in [-0.2, -0.15) is 13.2 Å². The maximum Gasteiger partial charge on any atom is 0.392 e. The second-order valence-electron chi connectivity index (χ2n) is 5.76. The van der Waals surface area contributed by atoms with Gasteiger partial charge in [-0.05, 0) is 31.7 Å². The first-order valence-corrected chi connectivity index (χ1v) is 7.80. The second-order valence-corrected chi connectivity index (χ2v) is 5.76. The van der Waals surface area contributed by atoms with Crippen molar-refractivity contribution < 1.29 is 13.2 Å². The van der Waals surface area contributed by atoms with Gasteiger partial charge in [0.25, 0.3) is 0 Å². The third-order valence-corrected chi connectivity index (χ3v) is 4.34. The molecule has 0 amide bonds. The summed E-state index contributed by atoms with van der Waals surface area (Å²) >= 11 is 0. The molecule has 114 valence electrons. The van der Waals surface area contributed by atoms with Crippen LogP contribution >= 0.6 is 0 Å². The number of halogens is 3. The van der Waals surface area contributed by atoms with Crippen LogP contribution in [0.3, 0.4) is 0 Å². The lowest BCUT2D eigenvalue weighted by Gasteiger charge is -2.38. The lowest BCUT2D eigenvalue weighted by atomic mass is 9.73. The molecule has 3 atom stereocenters. The van der Waals surface area contributed by atoms with Gasteiger partial charge in [-0.1, -0.05) is 46.0 Å². The molecule has 0 aromatic carbocycles. The molecule has 0 heterocycles. The van der Waals surface area contributed by atoms with Crippen molar-refractivity contribution >= 4 is 0 Å². The first kappa shape index (κ1) is 16.8. The number of hydrogen-bond donors (Lipinski definition) is 1. The summed E-state index contributed by atoms with van der Waals surface area (Å²) in [6.45, 7) is 4.87. The summed E-state index contributed by atoms with van der Waals surface area (Å²) in [6, 6.07) is 0.0449. The summed E-state index contributed by atoms with van der Waals surface area (Å²) in [5, 5.41) is 3.31. The molecule has 0 aromatic rings. The Balaban J connectivity index is 2.67. The Morgan fingerprint density at radius 3 is 2.37 bits per heavy atom. The van der Waals surface area contributed by atoms with Crippen LogP contribution in [0.15, 0.2) is 0 Å². The van der Waals surface area contributed by atoms with Crippen LogP contribution in [-0.4, -0.2) is 18.8 Å². The normalized spacial score (nSPS) is 26.4. The molecular weight excluding hydrogens is 251 g/mol. The highest BCUT2D eigenvalue weighted by molar-refractivity contribution is 4.88. The fraction of sp³-hybridized carbons (Fsp3) is 1.00. The molecule has 1 fully saturated rings. The van der Waals surface area contributed by atoms with E-state index in [1.807, 2.05) is 6.92 Å². The molecule has 19 heavy (non-hydrogen) atoms. The summed E-state index contributed by atoms with van der Waals surface area (Å²) in [6.07, 6.45) is 2.87. The van der Waals surface area contributed by atoms with Gasteiger partial charge in [0.15, 0.2) is 0 Å². The maximum atomic E-state index is 13.2. The predicted molar refractivity (Wildman–Crippen MR) is 73.1 cm³/mol. The van der Waals surface area contributed by atoms with Crippen LogP contribution in [-0.2, 0) is 0 Å². The lowest BCUT2D eigenvalue weighted by molar-refractivity contribution is -0.199. The van der Waals surface area contributed by atoms with Crippen LogP contribution in [0.2, 0.25) is 0 Å². The highest BCUT2D eigenvalue weighted by atomic mass is 19.4. The quantitative estimate of drug-likeness (QED) is 0.653. The van der Waals surface area contributed by atoms with Crippen molar-refractivity contribution in [3.8, 4) is 0 Å². The fourth-order valence-corrected chi connectivity index (χ4v) is 3.39. The Morgan fingerprint density at radius 1 is 1.11 bits per heavy atom. The van der Waals surface area contributed by atoms with E-state index in [1.54, 1.807) is 0 Å². The number of nitrogens with one attached hydrogen (secondary N) is 1. The summed E-state index contributed by atoms with van der Waals surface area (Å²) < 4.78 is 39.5. The Hall–Kier alpha value is -0.250. The predicted octanol–water partition coefficient (Wildman–Crippen LogP) is 4.91. The molecule has 1 rings (SSSR count). The minimum Gasteiger partial charge on any atom is -0.314 e. The molecule has 1 aliphatic carbocycles. The molecule has 0 spiro atoms.